The number of aromatic nitrogens is 2. The summed E-state index contributed by atoms with van der Waals surface area (Å²) in [6.45, 7) is 8.20. The number of alkyl halides is 1. The number of anilines is 4. The Morgan fingerprint density at radius 1 is 0.971 bits per heavy atom. The quantitative estimate of drug-likeness (QED) is 0.0800. The van der Waals surface area contributed by atoms with E-state index in [0.29, 0.717) is 47.5 Å². The van der Waals surface area contributed by atoms with Crippen LogP contribution in [0.1, 0.15) is 98.7 Å². The summed E-state index contributed by atoms with van der Waals surface area (Å²) in [5, 5.41) is 15.9. The van der Waals surface area contributed by atoms with Crippen molar-refractivity contribution in [1.82, 2.24) is 19.6 Å². The van der Waals surface area contributed by atoms with Gasteiger partial charge in [0, 0.05) is 81.1 Å². The van der Waals surface area contributed by atoms with Crippen LogP contribution in [0.2, 0.25) is 0 Å². The summed E-state index contributed by atoms with van der Waals surface area (Å²) >= 11 is 0. The molecule has 2 aromatic heterocycles. The van der Waals surface area contributed by atoms with E-state index in [2.05, 4.69) is 62.9 Å². The normalized spacial score (nSPS) is 23.4. The summed E-state index contributed by atoms with van der Waals surface area (Å²) in [6, 6.07) is 22.2. The molecule has 1 amide bonds. The number of pyridine rings is 1. The third kappa shape index (κ3) is 8.56. The third-order valence-electron chi connectivity index (χ3n) is 15.8. The number of fused-ring (bicyclic) bond motifs is 3. The third-order valence-corrected chi connectivity index (χ3v) is 17.1. The molecule has 69 heavy (non-hydrogen) atoms. The van der Waals surface area contributed by atoms with Gasteiger partial charge in [-0.25, -0.2) is 17.5 Å². The number of ether oxygens (including phenoxy) is 3. The molecule has 0 unspecified atom stereocenters. The number of carbonyl (C=O) groups excluding carboxylic acids is 1. The number of rotatable bonds is 12. The molecule has 16 nitrogen and oxygen atoms in total. The molecular formula is C51H59FN8O8S. The molecule has 1 saturated carbocycles. The van der Waals surface area contributed by atoms with Crippen LogP contribution in [-0.2, 0) is 19.5 Å². The number of nitro groups is 1. The summed E-state index contributed by atoms with van der Waals surface area (Å²) in [7, 11) is -4.67. The van der Waals surface area contributed by atoms with E-state index in [1.165, 1.54) is 48.9 Å². The number of carbonyl (C=O) groups is 1. The molecule has 1 spiro atoms. The number of hydrogen-bond acceptors (Lipinski definition) is 13. The van der Waals surface area contributed by atoms with Gasteiger partial charge in [0.25, 0.3) is 21.6 Å². The van der Waals surface area contributed by atoms with Crippen LogP contribution >= 0.6 is 0 Å². The smallest absolute Gasteiger partial charge is 0.293 e. The first-order valence-electron chi connectivity index (χ1n) is 24.4. The average Bonchev–Trinajstić information content (AvgIpc) is 4.13. The minimum absolute atomic E-state index is 0.0413. The Bertz CT molecular complexity index is 2890. The summed E-state index contributed by atoms with van der Waals surface area (Å²) < 4.78 is 63.4. The minimum atomic E-state index is -4.67. The lowest BCUT2D eigenvalue weighted by atomic mass is 9.59. The van der Waals surface area contributed by atoms with Crippen molar-refractivity contribution < 1.29 is 36.7 Å². The number of aromatic amines is 1. The van der Waals surface area contributed by atoms with Crippen molar-refractivity contribution >= 4 is 55.4 Å². The average molecular weight is 963 g/mol. The second-order valence-corrected chi connectivity index (χ2v) is 22.0. The lowest BCUT2D eigenvalue weighted by Gasteiger charge is -2.56. The van der Waals surface area contributed by atoms with Crippen molar-refractivity contribution in [3.05, 3.63) is 106 Å². The van der Waals surface area contributed by atoms with Crippen LogP contribution in [0.5, 0.6) is 5.88 Å². The van der Waals surface area contributed by atoms with Crippen molar-refractivity contribution in [2.45, 2.75) is 106 Å². The molecule has 3 atom stereocenters. The van der Waals surface area contributed by atoms with E-state index in [9.17, 15) is 23.3 Å². The number of piperidine rings is 1. The standard InChI is InChI=1S/C51H59FN8O8S/c1-32(2)37-6-3-4-7-38(37)41-8-5-19-58(41)35-27-50(28-35)14-20-57(21-15-50)34-9-11-39(42(25-34)59-44-24-33-13-18-53-47(33)55-49(44)68-46-30-67-29-45(46)59)48(61)56-69(64,65)36-10-12-40(43(26-36)60(62)63)54-31-51(52)16-22-66-23-17-51/h3-4,6-7,9-13,18,24-26,32,35,41,45-46,54H,5,8,14-17,19-23,27-31H2,1-2H3,(H,53,55)(H,56,61)/t41-,45+,46+/m0/s1. The lowest BCUT2D eigenvalue weighted by Crippen LogP contribution is -2.55. The molecule has 1 aliphatic carbocycles. The van der Waals surface area contributed by atoms with E-state index in [4.69, 9.17) is 19.2 Å². The second-order valence-electron chi connectivity index (χ2n) is 20.3. The molecule has 5 fully saturated rings. The molecule has 3 N–H and O–H groups in total. The van der Waals surface area contributed by atoms with Gasteiger partial charge in [0.2, 0.25) is 5.88 Å². The summed E-state index contributed by atoms with van der Waals surface area (Å²) in [6.07, 6.45) is 8.49. The predicted molar refractivity (Wildman–Crippen MR) is 260 cm³/mol. The summed E-state index contributed by atoms with van der Waals surface area (Å²) in [5.74, 6) is -0.0896. The zero-order valence-electron chi connectivity index (χ0n) is 39.0. The van der Waals surface area contributed by atoms with Crippen LogP contribution in [-0.4, -0.2) is 111 Å². The summed E-state index contributed by atoms with van der Waals surface area (Å²) in [4.78, 5) is 40.7. The summed E-state index contributed by atoms with van der Waals surface area (Å²) in [5.41, 5.74) is 3.63. The highest BCUT2D eigenvalue weighted by molar-refractivity contribution is 7.90. The molecule has 0 bridgehead atoms. The van der Waals surface area contributed by atoms with Crippen LogP contribution in [0, 0.1) is 15.5 Å². The van der Waals surface area contributed by atoms with Crippen LogP contribution in [0.3, 0.4) is 0 Å². The number of likely N-dealkylation sites (tertiary alicyclic amines) is 1. The van der Waals surface area contributed by atoms with Crippen molar-refractivity contribution in [3.8, 4) is 5.88 Å². The fourth-order valence-electron chi connectivity index (χ4n) is 11.9. The Hall–Kier alpha value is -5.82. The van der Waals surface area contributed by atoms with Gasteiger partial charge in [-0.2, -0.15) is 4.98 Å². The maximum absolute atomic E-state index is 15.4. The van der Waals surface area contributed by atoms with E-state index >= 15 is 4.39 Å². The van der Waals surface area contributed by atoms with E-state index in [1.54, 1.807) is 12.3 Å². The van der Waals surface area contributed by atoms with Crippen molar-refractivity contribution in [2.24, 2.45) is 5.41 Å². The molecule has 18 heteroatoms. The second kappa shape index (κ2) is 17.9. The first kappa shape index (κ1) is 45.6. The SMILES string of the molecule is CC(C)c1ccccc1[C@@H]1CCCN1C1CC2(CCN(c3ccc(C(=O)NS(=O)(=O)c4ccc(NCC5(F)CCOCC5)c([N+](=O)[O-])c4)c(N4c5cc6cc[nH]c6nc5O[C@@H]5COC[C@H]54)c3)CC2)C1. The van der Waals surface area contributed by atoms with Crippen LogP contribution in [0.15, 0.2) is 83.9 Å². The predicted octanol–water partition coefficient (Wildman–Crippen LogP) is 8.53. The van der Waals surface area contributed by atoms with E-state index < -0.39 is 43.2 Å². The molecule has 0 radical (unpaired) electrons. The molecule has 11 rings (SSSR count). The van der Waals surface area contributed by atoms with Gasteiger partial charge in [-0.05, 0) is 110 Å². The maximum atomic E-state index is 15.4. The number of hydrogen-bond donors (Lipinski definition) is 3. The number of nitrogens with zero attached hydrogens (tertiary/aromatic N) is 5. The monoisotopic (exact) mass is 962 g/mol. The van der Waals surface area contributed by atoms with Crippen molar-refractivity contribution in [3.63, 3.8) is 0 Å². The molecule has 5 aromatic rings. The molecule has 3 aromatic carbocycles. The van der Waals surface area contributed by atoms with Gasteiger partial charge in [-0.3, -0.25) is 19.8 Å². The molecule has 4 saturated heterocycles. The van der Waals surface area contributed by atoms with E-state index in [0.717, 1.165) is 49.6 Å². The first-order chi connectivity index (χ1) is 33.3. The molecule has 6 aliphatic rings. The molecule has 7 heterocycles. The Balaban J connectivity index is 0.866. The van der Waals surface area contributed by atoms with Crippen LogP contribution < -0.4 is 24.6 Å². The zero-order valence-corrected chi connectivity index (χ0v) is 39.8. The van der Waals surface area contributed by atoms with Gasteiger partial charge in [0.15, 0.2) is 0 Å². The lowest BCUT2D eigenvalue weighted by molar-refractivity contribution is -0.384. The van der Waals surface area contributed by atoms with Crippen molar-refractivity contribution in [2.75, 3.05) is 67.7 Å². The number of halogens is 1. The number of amides is 1. The number of H-pyrrole nitrogens is 1. The van der Waals surface area contributed by atoms with Gasteiger partial charge < -0.3 is 34.3 Å². The Labute approximate surface area is 401 Å². The van der Waals surface area contributed by atoms with Gasteiger partial charge in [-0.15, -0.1) is 0 Å². The highest BCUT2D eigenvalue weighted by Gasteiger charge is 2.50. The number of sulfonamides is 1. The molecule has 5 aliphatic heterocycles. The number of benzene rings is 3. The van der Waals surface area contributed by atoms with E-state index in [-0.39, 0.29) is 61.9 Å². The highest BCUT2D eigenvalue weighted by atomic mass is 32.2. The Morgan fingerprint density at radius 2 is 1.77 bits per heavy atom. The fourth-order valence-corrected chi connectivity index (χ4v) is 12.9. The fraction of sp³-hybridized carbons (Fsp3) is 0.490. The van der Waals surface area contributed by atoms with Gasteiger partial charge in [-0.1, -0.05) is 38.1 Å². The van der Waals surface area contributed by atoms with Gasteiger partial charge >= 0.3 is 0 Å². The zero-order chi connectivity index (χ0) is 47.7. The highest BCUT2D eigenvalue weighted by Crippen LogP contribution is 2.55. The van der Waals surface area contributed by atoms with Crippen LogP contribution in [0.4, 0.5) is 32.8 Å². The molecular weight excluding hydrogens is 904 g/mol. The van der Waals surface area contributed by atoms with Gasteiger partial charge in [0.1, 0.15) is 28.8 Å². The van der Waals surface area contributed by atoms with E-state index in [1.807, 2.05) is 29.2 Å². The first-order valence-corrected chi connectivity index (χ1v) is 25.9. The number of nitrogens with one attached hydrogen (secondary N) is 3. The Morgan fingerprint density at radius 3 is 2.55 bits per heavy atom. The van der Waals surface area contributed by atoms with Gasteiger partial charge in [0.05, 0.1) is 40.3 Å². The maximum Gasteiger partial charge on any atom is 0.293 e. The topological polar surface area (TPSA) is 184 Å². The largest absolute Gasteiger partial charge is 0.468 e. The van der Waals surface area contributed by atoms with Crippen molar-refractivity contribution in [1.29, 1.82) is 0 Å². The van der Waals surface area contributed by atoms with Crippen LogP contribution in [0.25, 0.3) is 11.0 Å². The minimum Gasteiger partial charge on any atom is -0.468 e. The molecule has 364 valence electrons. The Kier molecular flexibility index (Phi) is 11.8. The number of nitro benzene ring substituents is 1.